The SMILES string of the molecule is CC(C)n1nnc(C2CCN(C(=O)c3ccc(C[C@@H]4CC[C@H]([C@H](O)c5ccccc5)N4)cc3)CC2)n1. The zero-order chi connectivity index (χ0) is 25.1. The van der Waals surface area contributed by atoms with E-state index in [1.54, 1.807) is 4.80 Å². The molecule has 3 heterocycles. The Kier molecular flexibility index (Phi) is 7.43. The van der Waals surface area contributed by atoms with Crippen molar-refractivity contribution in [1.29, 1.82) is 0 Å². The summed E-state index contributed by atoms with van der Waals surface area (Å²) in [6.07, 6.45) is 4.11. The normalized spacial score (nSPS) is 21.7. The second-order valence-corrected chi connectivity index (χ2v) is 10.4. The largest absolute Gasteiger partial charge is 0.387 e. The van der Waals surface area contributed by atoms with Gasteiger partial charge in [0.05, 0.1) is 12.1 Å². The molecule has 8 heteroatoms. The van der Waals surface area contributed by atoms with Gasteiger partial charge in [-0.05, 0) is 74.4 Å². The number of carbonyl (C=O) groups is 1. The van der Waals surface area contributed by atoms with Crippen molar-refractivity contribution < 1.29 is 9.90 Å². The van der Waals surface area contributed by atoms with Gasteiger partial charge in [0.25, 0.3) is 5.91 Å². The third-order valence-corrected chi connectivity index (χ3v) is 7.53. The number of rotatable bonds is 7. The van der Waals surface area contributed by atoms with Crippen LogP contribution in [0.1, 0.15) is 84.9 Å². The Morgan fingerprint density at radius 1 is 1.03 bits per heavy atom. The van der Waals surface area contributed by atoms with Crippen LogP contribution < -0.4 is 5.32 Å². The summed E-state index contributed by atoms with van der Waals surface area (Å²) in [4.78, 5) is 16.7. The van der Waals surface area contributed by atoms with E-state index >= 15 is 0 Å². The van der Waals surface area contributed by atoms with Crippen molar-refractivity contribution in [2.24, 2.45) is 0 Å². The Morgan fingerprint density at radius 3 is 2.42 bits per heavy atom. The molecule has 2 N–H and O–H groups in total. The summed E-state index contributed by atoms with van der Waals surface area (Å²) < 4.78 is 0. The Morgan fingerprint density at radius 2 is 1.75 bits per heavy atom. The molecule has 2 aromatic carbocycles. The van der Waals surface area contributed by atoms with Gasteiger partial charge < -0.3 is 15.3 Å². The number of benzene rings is 2. The van der Waals surface area contributed by atoms with Gasteiger partial charge in [0, 0.05) is 36.7 Å². The van der Waals surface area contributed by atoms with Crippen molar-refractivity contribution in [2.75, 3.05) is 13.1 Å². The highest BCUT2D eigenvalue weighted by atomic mass is 16.3. The first-order chi connectivity index (χ1) is 17.5. The van der Waals surface area contributed by atoms with Crippen LogP contribution in [0.15, 0.2) is 54.6 Å². The Bertz CT molecular complexity index is 1140. The van der Waals surface area contributed by atoms with E-state index in [0.29, 0.717) is 19.1 Å². The first-order valence-electron chi connectivity index (χ1n) is 13.1. The third kappa shape index (κ3) is 5.50. The summed E-state index contributed by atoms with van der Waals surface area (Å²) in [5, 5.41) is 27.2. The lowest BCUT2D eigenvalue weighted by molar-refractivity contribution is 0.0711. The van der Waals surface area contributed by atoms with Gasteiger partial charge in [0.2, 0.25) is 0 Å². The van der Waals surface area contributed by atoms with Gasteiger partial charge in [-0.3, -0.25) is 4.79 Å². The molecule has 0 aliphatic carbocycles. The number of aliphatic hydroxyl groups excluding tert-OH is 1. The second-order valence-electron chi connectivity index (χ2n) is 10.4. The standard InChI is InChI=1S/C28H36N6O2/c1-19(2)34-31-27(30-32-34)22-14-16-33(17-15-22)28(36)23-10-8-20(9-11-23)18-24-12-13-25(29-24)26(35)21-6-4-3-5-7-21/h3-11,19,22,24-26,29,35H,12-18H2,1-2H3/t24-,25+,26+/m0/s1. The Hall–Kier alpha value is -3.10. The lowest BCUT2D eigenvalue weighted by atomic mass is 9.95. The fourth-order valence-corrected chi connectivity index (χ4v) is 5.35. The zero-order valence-electron chi connectivity index (χ0n) is 21.1. The maximum atomic E-state index is 13.1. The first-order valence-corrected chi connectivity index (χ1v) is 13.1. The molecule has 0 radical (unpaired) electrons. The average Bonchev–Trinajstić information content (AvgIpc) is 3.60. The maximum Gasteiger partial charge on any atom is 0.253 e. The number of amides is 1. The monoisotopic (exact) mass is 488 g/mol. The third-order valence-electron chi connectivity index (χ3n) is 7.53. The van der Waals surface area contributed by atoms with Crippen LogP contribution in [0.2, 0.25) is 0 Å². The first kappa shape index (κ1) is 24.6. The fraction of sp³-hybridized carbons (Fsp3) is 0.500. The molecule has 1 amide bonds. The topological polar surface area (TPSA) is 96.2 Å². The van der Waals surface area contributed by atoms with E-state index in [1.807, 2.05) is 61.2 Å². The van der Waals surface area contributed by atoms with Gasteiger partial charge in [-0.2, -0.15) is 4.80 Å². The van der Waals surface area contributed by atoms with E-state index in [0.717, 1.165) is 49.1 Å². The zero-order valence-corrected chi connectivity index (χ0v) is 21.1. The number of hydrogen-bond acceptors (Lipinski definition) is 6. The minimum atomic E-state index is -0.488. The number of nitrogens with one attached hydrogen (secondary N) is 1. The van der Waals surface area contributed by atoms with Crippen LogP contribution in [0.4, 0.5) is 0 Å². The van der Waals surface area contributed by atoms with Gasteiger partial charge >= 0.3 is 0 Å². The molecule has 0 saturated carbocycles. The number of aromatic nitrogens is 4. The fourth-order valence-electron chi connectivity index (χ4n) is 5.35. The second kappa shape index (κ2) is 10.9. The molecule has 8 nitrogen and oxygen atoms in total. The summed E-state index contributed by atoms with van der Waals surface area (Å²) in [7, 11) is 0. The lowest BCUT2D eigenvalue weighted by Gasteiger charge is -2.30. The van der Waals surface area contributed by atoms with E-state index in [1.165, 1.54) is 5.56 Å². The Balaban J connectivity index is 1.11. The lowest BCUT2D eigenvalue weighted by Crippen LogP contribution is -2.38. The van der Waals surface area contributed by atoms with Crippen molar-refractivity contribution >= 4 is 5.91 Å². The van der Waals surface area contributed by atoms with E-state index in [2.05, 4.69) is 32.9 Å². The van der Waals surface area contributed by atoms with Crippen molar-refractivity contribution in [3.63, 3.8) is 0 Å². The molecule has 2 fully saturated rings. The van der Waals surface area contributed by atoms with Gasteiger partial charge in [-0.25, -0.2) is 0 Å². The minimum Gasteiger partial charge on any atom is -0.387 e. The summed E-state index contributed by atoms with van der Waals surface area (Å²) in [6, 6.07) is 18.5. The molecule has 0 spiro atoms. The molecule has 2 aliphatic rings. The molecule has 3 aromatic rings. The van der Waals surface area contributed by atoms with E-state index < -0.39 is 6.10 Å². The highest BCUT2D eigenvalue weighted by Gasteiger charge is 2.30. The van der Waals surface area contributed by atoms with Crippen LogP contribution in [0.5, 0.6) is 0 Å². The Labute approximate surface area is 212 Å². The summed E-state index contributed by atoms with van der Waals surface area (Å²) >= 11 is 0. The summed E-state index contributed by atoms with van der Waals surface area (Å²) in [5.41, 5.74) is 2.90. The predicted molar refractivity (Wildman–Crippen MR) is 138 cm³/mol. The quantitative estimate of drug-likeness (QED) is 0.527. The molecule has 0 bridgehead atoms. The van der Waals surface area contributed by atoms with Crippen molar-refractivity contribution in [3.05, 3.63) is 77.1 Å². The van der Waals surface area contributed by atoms with Crippen LogP contribution in [-0.2, 0) is 6.42 Å². The molecule has 3 atom stereocenters. The number of carbonyl (C=O) groups excluding carboxylic acids is 1. The number of likely N-dealkylation sites (tertiary alicyclic amines) is 1. The van der Waals surface area contributed by atoms with Crippen molar-refractivity contribution in [1.82, 2.24) is 30.4 Å². The van der Waals surface area contributed by atoms with Crippen LogP contribution in [0, 0.1) is 0 Å². The van der Waals surface area contributed by atoms with Crippen LogP contribution in [-0.4, -0.2) is 61.3 Å². The summed E-state index contributed by atoms with van der Waals surface area (Å²) in [6.45, 7) is 5.49. The molecule has 5 rings (SSSR count). The van der Waals surface area contributed by atoms with E-state index in [4.69, 9.17) is 0 Å². The molecule has 36 heavy (non-hydrogen) atoms. The molecular formula is C28H36N6O2. The average molecular weight is 489 g/mol. The van der Waals surface area contributed by atoms with Crippen LogP contribution in [0.25, 0.3) is 0 Å². The number of tetrazole rings is 1. The van der Waals surface area contributed by atoms with Gasteiger partial charge in [0.1, 0.15) is 0 Å². The van der Waals surface area contributed by atoms with Crippen LogP contribution >= 0.6 is 0 Å². The van der Waals surface area contributed by atoms with Crippen molar-refractivity contribution in [2.45, 2.75) is 76.1 Å². The molecule has 190 valence electrons. The highest BCUT2D eigenvalue weighted by molar-refractivity contribution is 5.94. The maximum absolute atomic E-state index is 13.1. The predicted octanol–water partition coefficient (Wildman–Crippen LogP) is 3.67. The van der Waals surface area contributed by atoms with E-state index in [9.17, 15) is 9.90 Å². The summed E-state index contributed by atoms with van der Waals surface area (Å²) in [5.74, 6) is 1.13. The molecule has 2 saturated heterocycles. The van der Waals surface area contributed by atoms with Crippen LogP contribution in [0.3, 0.4) is 0 Å². The van der Waals surface area contributed by atoms with Gasteiger partial charge in [-0.1, -0.05) is 42.5 Å². The molecular weight excluding hydrogens is 452 g/mol. The smallest absolute Gasteiger partial charge is 0.253 e. The number of nitrogens with zero attached hydrogens (tertiary/aromatic N) is 5. The molecule has 2 aliphatic heterocycles. The van der Waals surface area contributed by atoms with Gasteiger partial charge in [0.15, 0.2) is 5.82 Å². The number of piperidine rings is 1. The highest BCUT2D eigenvalue weighted by Crippen LogP contribution is 2.28. The van der Waals surface area contributed by atoms with Crippen molar-refractivity contribution in [3.8, 4) is 0 Å². The van der Waals surface area contributed by atoms with Gasteiger partial charge in [-0.15, -0.1) is 10.2 Å². The number of hydrogen-bond donors (Lipinski definition) is 2. The minimum absolute atomic E-state index is 0.0753. The number of aliphatic hydroxyl groups is 1. The van der Waals surface area contributed by atoms with E-state index in [-0.39, 0.29) is 23.9 Å². The molecule has 1 aromatic heterocycles. The molecule has 0 unspecified atom stereocenters.